The first-order chi connectivity index (χ1) is 12.8. The van der Waals surface area contributed by atoms with E-state index in [0.717, 1.165) is 11.3 Å². The number of carbonyl (C=O) groups excluding carboxylic acids is 1. The molecule has 1 aliphatic heterocycles. The Morgan fingerprint density at radius 1 is 1.26 bits per heavy atom. The zero-order valence-corrected chi connectivity index (χ0v) is 16.1. The van der Waals surface area contributed by atoms with Gasteiger partial charge in [0.25, 0.3) is 5.91 Å². The molecule has 0 bridgehead atoms. The number of ether oxygens (including phenoxy) is 1. The molecule has 2 aromatic rings. The number of aliphatic carboxylic acids is 1. The lowest BCUT2D eigenvalue weighted by Gasteiger charge is -2.16. The fourth-order valence-electron chi connectivity index (χ4n) is 3.60. The Bertz CT molecular complexity index is 854. The van der Waals surface area contributed by atoms with Gasteiger partial charge in [0.05, 0.1) is 18.6 Å². The molecule has 1 aliphatic rings. The molecule has 0 aliphatic carbocycles. The van der Waals surface area contributed by atoms with Gasteiger partial charge in [0.2, 0.25) is 0 Å². The number of benzene rings is 1. The number of carboxylic acid groups (broad SMARTS) is 1. The Hall–Kier alpha value is -2.76. The van der Waals surface area contributed by atoms with Gasteiger partial charge in [0, 0.05) is 24.9 Å². The number of aryl methyl sites for hydroxylation is 1. The van der Waals surface area contributed by atoms with Crippen LogP contribution in [0.25, 0.3) is 0 Å². The number of carboxylic acids is 1. The number of furan rings is 1. The van der Waals surface area contributed by atoms with Gasteiger partial charge < -0.3 is 19.2 Å². The van der Waals surface area contributed by atoms with Gasteiger partial charge in [-0.3, -0.25) is 9.59 Å². The lowest BCUT2D eigenvalue weighted by atomic mass is 9.89. The van der Waals surface area contributed by atoms with Crippen molar-refractivity contribution in [3.63, 3.8) is 0 Å². The average molecular weight is 371 g/mol. The fraction of sp³-hybridized carbons (Fsp3) is 0.429. The molecule has 0 saturated carbocycles. The SMILES string of the molecule is COc1cccc([C@H]2CN(C(=O)c3cc(C(C)C)oc3C)C[C@@H]2C(=O)O)c1. The number of hydrogen-bond acceptors (Lipinski definition) is 4. The van der Waals surface area contributed by atoms with Crippen molar-refractivity contribution < 1.29 is 23.8 Å². The molecule has 1 aromatic heterocycles. The molecule has 1 N–H and O–H groups in total. The number of likely N-dealkylation sites (tertiary alicyclic amines) is 1. The van der Waals surface area contributed by atoms with Gasteiger partial charge in [0.1, 0.15) is 17.3 Å². The number of carbonyl (C=O) groups is 2. The van der Waals surface area contributed by atoms with E-state index < -0.39 is 11.9 Å². The molecular weight excluding hydrogens is 346 g/mol. The van der Waals surface area contributed by atoms with Crippen molar-refractivity contribution in [2.45, 2.75) is 32.6 Å². The first kappa shape index (κ1) is 19.0. The van der Waals surface area contributed by atoms with Crippen LogP contribution >= 0.6 is 0 Å². The highest BCUT2D eigenvalue weighted by Crippen LogP contribution is 2.35. The fourth-order valence-corrected chi connectivity index (χ4v) is 3.60. The highest BCUT2D eigenvalue weighted by Gasteiger charge is 2.41. The highest BCUT2D eigenvalue weighted by molar-refractivity contribution is 5.96. The highest BCUT2D eigenvalue weighted by atomic mass is 16.5. The maximum atomic E-state index is 13.0. The molecule has 0 radical (unpaired) electrons. The van der Waals surface area contributed by atoms with Crippen LogP contribution in [0.3, 0.4) is 0 Å². The van der Waals surface area contributed by atoms with Gasteiger partial charge in [-0.25, -0.2) is 0 Å². The molecule has 1 aromatic carbocycles. The summed E-state index contributed by atoms with van der Waals surface area (Å²) in [6.45, 7) is 6.30. The van der Waals surface area contributed by atoms with Crippen molar-refractivity contribution in [1.82, 2.24) is 4.90 Å². The van der Waals surface area contributed by atoms with Gasteiger partial charge in [-0.15, -0.1) is 0 Å². The quantitative estimate of drug-likeness (QED) is 0.868. The molecule has 0 unspecified atom stereocenters. The molecule has 6 heteroatoms. The molecule has 1 saturated heterocycles. The van der Waals surface area contributed by atoms with Crippen LogP contribution in [0.5, 0.6) is 5.75 Å². The third-order valence-electron chi connectivity index (χ3n) is 5.18. The topological polar surface area (TPSA) is 80.0 Å². The minimum absolute atomic E-state index is 0.178. The Labute approximate surface area is 158 Å². The number of amides is 1. The third kappa shape index (κ3) is 3.70. The normalized spacial score (nSPS) is 19.5. The number of methoxy groups -OCH3 is 1. The van der Waals surface area contributed by atoms with Crippen LogP contribution in [0.1, 0.15) is 53.1 Å². The minimum Gasteiger partial charge on any atom is -0.497 e. The van der Waals surface area contributed by atoms with Crippen LogP contribution in [0, 0.1) is 12.8 Å². The first-order valence-corrected chi connectivity index (χ1v) is 9.08. The van der Waals surface area contributed by atoms with Crippen molar-refractivity contribution in [3.05, 3.63) is 53.0 Å². The van der Waals surface area contributed by atoms with Crippen molar-refractivity contribution in [2.24, 2.45) is 5.92 Å². The number of hydrogen-bond donors (Lipinski definition) is 1. The predicted octanol–water partition coefficient (Wildman–Crippen LogP) is 3.66. The summed E-state index contributed by atoms with van der Waals surface area (Å²) in [6, 6.07) is 9.16. The van der Waals surface area contributed by atoms with E-state index in [-0.39, 0.29) is 24.3 Å². The summed E-state index contributed by atoms with van der Waals surface area (Å²) in [5.74, 6) is 0.171. The second-order valence-corrected chi connectivity index (χ2v) is 7.31. The van der Waals surface area contributed by atoms with Crippen LogP contribution in [0.2, 0.25) is 0 Å². The lowest BCUT2D eigenvalue weighted by molar-refractivity contribution is -0.141. The van der Waals surface area contributed by atoms with Crippen molar-refractivity contribution in [1.29, 1.82) is 0 Å². The second kappa shape index (κ2) is 7.47. The van der Waals surface area contributed by atoms with Gasteiger partial charge >= 0.3 is 5.97 Å². The Balaban J connectivity index is 1.88. The van der Waals surface area contributed by atoms with Gasteiger partial charge in [-0.2, -0.15) is 0 Å². The first-order valence-electron chi connectivity index (χ1n) is 9.08. The minimum atomic E-state index is -0.898. The molecule has 2 atom stereocenters. The van der Waals surface area contributed by atoms with E-state index in [1.54, 1.807) is 25.0 Å². The monoisotopic (exact) mass is 371 g/mol. The van der Waals surface area contributed by atoms with Crippen molar-refractivity contribution in [2.75, 3.05) is 20.2 Å². The molecule has 6 nitrogen and oxygen atoms in total. The van der Waals surface area contributed by atoms with E-state index in [1.165, 1.54) is 0 Å². The standard InChI is InChI=1S/C21H25NO5/c1-12(2)19-9-16(13(3)27-19)20(23)22-10-17(18(11-22)21(24)25)14-6-5-7-15(8-14)26-4/h5-9,12,17-18H,10-11H2,1-4H3,(H,24,25)/t17-,18+/m1/s1. The zero-order chi connectivity index (χ0) is 19.7. The summed E-state index contributed by atoms with van der Waals surface area (Å²) in [5.41, 5.74) is 1.37. The molecule has 2 heterocycles. The zero-order valence-electron chi connectivity index (χ0n) is 16.1. The van der Waals surface area contributed by atoms with Crippen LogP contribution in [0.4, 0.5) is 0 Å². The van der Waals surface area contributed by atoms with Gasteiger partial charge in [0.15, 0.2) is 0 Å². The Kier molecular flexibility index (Phi) is 5.26. The molecule has 1 amide bonds. The summed E-state index contributed by atoms with van der Waals surface area (Å²) in [6.07, 6.45) is 0. The summed E-state index contributed by atoms with van der Waals surface area (Å²) < 4.78 is 10.9. The number of rotatable bonds is 5. The molecule has 144 valence electrons. The van der Waals surface area contributed by atoms with Crippen LogP contribution in [0.15, 0.2) is 34.7 Å². The number of nitrogens with zero attached hydrogens (tertiary/aromatic N) is 1. The Morgan fingerprint density at radius 2 is 2.00 bits per heavy atom. The molecule has 3 rings (SSSR count). The predicted molar refractivity (Wildman–Crippen MR) is 100 cm³/mol. The van der Waals surface area contributed by atoms with E-state index in [0.29, 0.717) is 23.6 Å². The lowest BCUT2D eigenvalue weighted by Crippen LogP contribution is -2.30. The summed E-state index contributed by atoms with van der Waals surface area (Å²) in [7, 11) is 1.58. The molecular formula is C21H25NO5. The molecule has 1 fully saturated rings. The van der Waals surface area contributed by atoms with Gasteiger partial charge in [-0.05, 0) is 30.7 Å². The van der Waals surface area contributed by atoms with E-state index in [9.17, 15) is 14.7 Å². The summed E-state index contributed by atoms with van der Waals surface area (Å²) >= 11 is 0. The largest absolute Gasteiger partial charge is 0.497 e. The smallest absolute Gasteiger partial charge is 0.308 e. The summed E-state index contributed by atoms with van der Waals surface area (Å²) in [4.78, 5) is 26.5. The maximum absolute atomic E-state index is 13.0. The summed E-state index contributed by atoms with van der Waals surface area (Å²) in [5, 5.41) is 9.69. The molecule has 27 heavy (non-hydrogen) atoms. The van der Waals surface area contributed by atoms with Crippen LogP contribution < -0.4 is 4.74 Å². The Morgan fingerprint density at radius 3 is 2.59 bits per heavy atom. The van der Waals surface area contributed by atoms with Crippen LogP contribution in [-0.4, -0.2) is 42.1 Å². The van der Waals surface area contributed by atoms with Crippen molar-refractivity contribution in [3.8, 4) is 5.75 Å². The van der Waals surface area contributed by atoms with Crippen molar-refractivity contribution >= 4 is 11.9 Å². The van der Waals surface area contributed by atoms with E-state index in [4.69, 9.17) is 9.15 Å². The van der Waals surface area contributed by atoms with E-state index in [2.05, 4.69) is 0 Å². The maximum Gasteiger partial charge on any atom is 0.308 e. The van der Waals surface area contributed by atoms with Crippen LogP contribution in [-0.2, 0) is 4.79 Å². The van der Waals surface area contributed by atoms with Gasteiger partial charge in [-0.1, -0.05) is 26.0 Å². The van der Waals surface area contributed by atoms with E-state index >= 15 is 0 Å². The second-order valence-electron chi connectivity index (χ2n) is 7.31. The third-order valence-corrected chi connectivity index (χ3v) is 5.18. The van der Waals surface area contributed by atoms with E-state index in [1.807, 2.05) is 38.1 Å². The average Bonchev–Trinajstić information content (AvgIpc) is 3.25. The molecule has 0 spiro atoms.